The van der Waals surface area contributed by atoms with Gasteiger partial charge in [0.05, 0.1) is 31.7 Å². The van der Waals surface area contributed by atoms with Gasteiger partial charge in [-0.05, 0) is 6.07 Å². The summed E-state index contributed by atoms with van der Waals surface area (Å²) in [6.07, 6.45) is 3.34. The third-order valence-electron chi connectivity index (χ3n) is 2.42. The Balaban J connectivity index is 2.00. The summed E-state index contributed by atoms with van der Waals surface area (Å²) in [5, 5.41) is 3.83. The molecule has 0 saturated heterocycles. The number of hydrogen-bond donors (Lipinski definition) is 1. The summed E-state index contributed by atoms with van der Waals surface area (Å²) in [4.78, 5) is 8.29. The molecule has 0 amide bonds. The number of halogens is 1. The minimum absolute atomic E-state index is 0.593. The van der Waals surface area contributed by atoms with E-state index in [4.69, 9.17) is 16.3 Å². The van der Waals surface area contributed by atoms with Crippen LogP contribution in [0.3, 0.4) is 0 Å². The highest BCUT2D eigenvalue weighted by Gasteiger charge is 2.03. The van der Waals surface area contributed by atoms with Crippen molar-refractivity contribution in [2.24, 2.45) is 7.05 Å². The molecule has 2 aromatic rings. The van der Waals surface area contributed by atoms with Crippen molar-refractivity contribution in [2.45, 2.75) is 6.54 Å². The standard InChI is InChI=1S/C11H13ClN4O/c1-16-9(12)6-14-10(16)7-13-8-3-4-11(17-2)15-5-8/h3-6,13H,7H2,1-2H3. The Hall–Kier alpha value is -1.75. The predicted molar refractivity (Wildman–Crippen MR) is 66.3 cm³/mol. The van der Waals surface area contributed by atoms with Gasteiger partial charge in [0, 0.05) is 13.1 Å². The maximum Gasteiger partial charge on any atom is 0.213 e. The fraction of sp³-hybridized carbons (Fsp3) is 0.273. The van der Waals surface area contributed by atoms with E-state index in [0.717, 1.165) is 11.5 Å². The van der Waals surface area contributed by atoms with Gasteiger partial charge in [-0.3, -0.25) is 0 Å². The molecular formula is C11H13ClN4O. The van der Waals surface area contributed by atoms with Gasteiger partial charge in [-0.15, -0.1) is 0 Å². The molecule has 1 N–H and O–H groups in total. The number of imidazole rings is 1. The van der Waals surface area contributed by atoms with Gasteiger partial charge < -0.3 is 14.6 Å². The normalized spacial score (nSPS) is 10.3. The van der Waals surface area contributed by atoms with Gasteiger partial charge in [0.25, 0.3) is 0 Å². The summed E-state index contributed by atoms with van der Waals surface area (Å²) in [7, 11) is 3.46. The van der Waals surface area contributed by atoms with Crippen LogP contribution in [-0.2, 0) is 13.6 Å². The highest BCUT2D eigenvalue weighted by Crippen LogP contribution is 2.13. The van der Waals surface area contributed by atoms with Gasteiger partial charge in [-0.2, -0.15) is 0 Å². The summed E-state index contributed by atoms with van der Waals surface area (Å²) in [5.74, 6) is 1.46. The first-order valence-corrected chi connectivity index (χ1v) is 5.48. The summed E-state index contributed by atoms with van der Waals surface area (Å²) in [5.41, 5.74) is 0.907. The van der Waals surface area contributed by atoms with Crippen LogP contribution in [0.5, 0.6) is 5.88 Å². The van der Waals surface area contributed by atoms with E-state index in [9.17, 15) is 0 Å². The van der Waals surface area contributed by atoms with Crippen molar-refractivity contribution in [3.8, 4) is 5.88 Å². The van der Waals surface area contributed by atoms with Gasteiger partial charge in [0.1, 0.15) is 11.0 Å². The summed E-state index contributed by atoms with van der Waals surface area (Å²) >= 11 is 5.89. The third-order valence-corrected chi connectivity index (χ3v) is 2.77. The molecule has 17 heavy (non-hydrogen) atoms. The van der Waals surface area contributed by atoms with Crippen molar-refractivity contribution in [3.05, 3.63) is 35.5 Å². The molecule has 2 rings (SSSR count). The van der Waals surface area contributed by atoms with Crippen LogP contribution < -0.4 is 10.1 Å². The van der Waals surface area contributed by atoms with E-state index in [1.807, 2.05) is 17.7 Å². The van der Waals surface area contributed by atoms with Crippen molar-refractivity contribution in [1.82, 2.24) is 14.5 Å². The van der Waals surface area contributed by atoms with Gasteiger partial charge in [-0.1, -0.05) is 11.6 Å². The van der Waals surface area contributed by atoms with Crippen molar-refractivity contribution < 1.29 is 4.74 Å². The predicted octanol–water partition coefficient (Wildman–Crippen LogP) is 2.09. The fourth-order valence-corrected chi connectivity index (χ4v) is 1.52. The topological polar surface area (TPSA) is 52.0 Å². The van der Waals surface area contributed by atoms with E-state index < -0.39 is 0 Å². The van der Waals surface area contributed by atoms with Crippen molar-refractivity contribution in [2.75, 3.05) is 12.4 Å². The lowest BCUT2D eigenvalue weighted by Crippen LogP contribution is -2.06. The molecule has 5 nitrogen and oxygen atoms in total. The largest absolute Gasteiger partial charge is 0.481 e. The summed E-state index contributed by atoms with van der Waals surface area (Å²) in [6.45, 7) is 0.594. The SMILES string of the molecule is COc1ccc(NCc2ncc(Cl)n2C)cn1. The number of rotatable bonds is 4. The van der Waals surface area contributed by atoms with Crippen molar-refractivity contribution >= 4 is 17.3 Å². The zero-order valence-corrected chi connectivity index (χ0v) is 10.4. The second kappa shape index (κ2) is 5.05. The number of ether oxygens (including phenoxy) is 1. The van der Waals surface area contributed by atoms with Crippen LogP contribution >= 0.6 is 11.6 Å². The number of pyridine rings is 1. The maximum atomic E-state index is 5.89. The zero-order chi connectivity index (χ0) is 12.3. The van der Waals surface area contributed by atoms with Crippen LogP contribution in [0.25, 0.3) is 0 Å². The van der Waals surface area contributed by atoms with Gasteiger partial charge >= 0.3 is 0 Å². The molecule has 0 saturated carbocycles. The average molecular weight is 253 g/mol. The molecule has 0 spiro atoms. The molecule has 0 aromatic carbocycles. The first-order chi connectivity index (χ1) is 8.20. The Labute approximate surface area is 104 Å². The van der Waals surface area contributed by atoms with E-state index in [0.29, 0.717) is 17.6 Å². The Morgan fingerprint density at radius 1 is 1.35 bits per heavy atom. The number of nitrogens with one attached hydrogen (secondary N) is 1. The molecular weight excluding hydrogens is 240 g/mol. The van der Waals surface area contributed by atoms with Crippen molar-refractivity contribution in [3.63, 3.8) is 0 Å². The lowest BCUT2D eigenvalue weighted by molar-refractivity contribution is 0.398. The van der Waals surface area contributed by atoms with E-state index in [1.165, 1.54) is 0 Å². The molecule has 0 bridgehead atoms. The monoisotopic (exact) mass is 252 g/mol. The van der Waals surface area contributed by atoms with Gasteiger partial charge in [0.2, 0.25) is 5.88 Å². The highest BCUT2D eigenvalue weighted by molar-refractivity contribution is 6.29. The van der Waals surface area contributed by atoms with Crippen LogP contribution in [0.1, 0.15) is 5.82 Å². The van der Waals surface area contributed by atoms with Crippen LogP contribution in [0.2, 0.25) is 5.15 Å². The summed E-state index contributed by atoms with van der Waals surface area (Å²) in [6, 6.07) is 3.70. The second-order valence-electron chi connectivity index (χ2n) is 3.50. The molecule has 0 aliphatic rings. The molecule has 0 aliphatic carbocycles. The number of hydrogen-bond acceptors (Lipinski definition) is 4. The van der Waals surface area contributed by atoms with Crippen LogP contribution in [-0.4, -0.2) is 21.6 Å². The molecule has 90 valence electrons. The van der Waals surface area contributed by atoms with E-state index in [1.54, 1.807) is 25.6 Å². The molecule has 0 fully saturated rings. The number of aromatic nitrogens is 3. The minimum Gasteiger partial charge on any atom is -0.481 e. The first-order valence-electron chi connectivity index (χ1n) is 5.10. The molecule has 6 heteroatoms. The number of anilines is 1. The number of methoxy groups -OCH3 is 1. The van der Waals surface area contributed by atoms with Gasteiger partial charge in [0.15, 0.2) is 0 Å². The van der Waals surface area contributed by atoms with E-state index in [-0.39, 0.29) is 0 Å². The lowest BCUT2D eigenvalue weighted by Gasteiger charge is -2.06. The highest BCUT2D eigenvalue weighted by atomic mass is 35.5. The second-order valence-corrected chi connectivity index (χ2v) is 3.89. The van der Waals surface area contributed by atoms with Gasteiger partial charge in [-0.25, -0.2) is 9.97 Å². The van der Waals surface area contributed by atoms with E-state index in [2.05, 4.69) is 15.3 Å². The quantitative estimate of drug-likeness (QED) is 0.905. The lowest BCUT2D eigenvalue weighted by atomic mass is 10.4. The molecule has 0 aliphatic heterocycles. The number of nitrogens with zero attached hydrogens (tertiary/aromatic N) is 3. The molecule has 2 aromatic heterocycles. The van der Waals surface area contributed by atoms with Crippen LogP contribution in [0.15, 0.2) is 24.5 Å². The molecule has 0 radical (unpaired) electrons. The fourth-order valence-electron chi connectivity index (χ4n) is 1.38. The average Bonchev–Trinajstić information content (AvgIpc) is 2.68. The Morgan fingerprint density at radius 2 is 2.18 bits per heavy atom. The zero-order valence-electron chi connectivity index (χ0n) is 9.64. The van der Waals surface area contributed by atoms with Crippen molar-refractivity contribution in [1.29, 1.82) is 0 Å². The third kappa shape index (κ3) is 2.68. The first kappa shape index (κ1) is 11.7. The molecule has 0 unspecified atom stereocenters. The smallest absolute Gasteiger partial charge is 0.213 e. The summed E-state index contributed by atoms with van der Waals surface area (Å²) < 4.78 is 6.81. The minimum atomic E-state index is 0.593. The Bertz CT molecular complexity index is 495. The van der Waals surface area contributed by atoms with E-state index >= 15 is 0 Å². The van der Waals surface area contributed by atoms with Crippen LogP contribution in [0, 0.1) is 0 Å². The Morgan fingerprint density at radius 3 is 2.71 bits per heavy atom. The van der Waals surface area contributed by atoms with Crippen LogP contribution in [0.4, 0.5) is 5.69 Å². The molecule has 2 heterocycles. The Kier molecular flexibility index (Phi) is 3.49. The maximum absolute atomic E-state index is 5.89. The molecule has 0 atom stereocenters.